The molecule has 1 aromatic heterocycles. The number of carbonyl (C=O) groups excluding carboxylic acids is 1. The number of nitrogens with zero attached hydrogens (tertiary/aromatic N) is 2. The molecule has 0 spiro atoms. The molecule has 0 radical (unpaired) electrons. The Balaban J connectivity index is 1.46. The molecule has 1 unspecified atom stereocenters. The van der Waals surface area contributed by atoms with Crippen LogP contribution < -0.4 is 10.1 Å². The number of amides is 1. The van der Waals surface area contributed by atoms with E-state index in [1.54, 1.807) is 11.3 Å². The summed E-state index contributed by atoms with van der Waals surface area (Å²) in [5.41, 5.74) is 3.10. The molecule has 1 N–H and O–H groups in total. The number of aromatic nitrogens is 1. The molecular weight excluding hydrogens is 398 g/mol. The highest BCUT2D eigenvalue weighted by Gasteiger charge is 2.17. The van der Waals surface area contributed by atoms with Gasteiger partial charge in [-0.3, -0.25) is 4.79 Å². The maximum absolute atomic E-state index is 12.2. The molecule has 1 aliphatic rings. The molecule has 0 aliphatic carbocycles. The number of fused-ring (bicyclic) bond motifs is 1. The summed E-state index contributed by atoms with van der Waals surface area (Å²) < 4.78 is 12.6. The van der Waals surface area contributed by atoms with E-state index in [1.807, 2.05) is 44.4 Å². The van der Waals surface area contributed by atoms with Crippen molar-refractivity contribution in [2.24, 2.45) is 0 Å². The number of nitrogens with one attached hydrogen (secondary N) is 1. The number of rotatable bonds is 8. The van der Waals surface area contributed by atoms with Crippen LogP contribution in [0.4, 0.5) is 0 Å². The van der Waals surface area contributed by atoms with E-state index in [1.165, 1.54) is 4.70 Å². The van der Waals surface area contributed by atoms with Crippen LogP contribution in [0.5, 0.6) is 5.75 Å². The van der Waals surface area contributed by atoms with Gasteiger partial charge in [-0.25, -0.2) is 4.98 Å². The highest BCUT2D eigenvalue weighted by molar-refractivity contribution is 7.21. The maximum atomic E-state index is 12.2. The van der Waals surface area contributed by atoms with Crippen LogP contribution in [0.2, 0.25) is 0 Å². The van der Waals surface area contributed by atoms with Crippen molar-refractivity contribution in [1.29, 1.82) is 0 Å². The van der Waals surface area contributed by atoms with Crippen molar-refractivity contribution >= 4 is 27.5 Å². The van der Waals surface area contributed by atoms with E-state index in [2.05, 4.69) is 22.3 Å². The van der Waals surface area contributed by atoms with Crippen molar-refractivity contribution in [1.82, 2.24) is 15.2 Å². The molecule has 0 saturated carbocycles. The molecule has 1 fully saturated rings. The molecule has 2 aromatic carbocycles. The summed E-state index contributed by atoms with van der Waals surface area (Å²) in [6.07, 6.45) is 2.19. The van der Waals surface area contributed by atoms with Crippen molar-refractivity contribution < 1.29 is 14.3 Å². The Morgan fingerprint density at radius 3 is 2.93 bits per heavy atom. The Hall–Kier alpha value is -2.48. The van der Waals surface area contributed by atoms with E-state index in [4.69, 9.17) is 14.5 Å². The van der Waals surface area contributed by atoms with Gasteiger partial charge in [0.1, 0.15) is 10.8 Å². The quantitative estimate of drug-likeness (QED) is 0.596. The first kappa shape index (κ1) is 20.8. The highest BCUT2D eigenvalue weighted by atomic mass is 32.1. The summed E-state index contributed by atoms with van der Waals surface area (Å²) in [5, 5.41) is 3.88. The minimum atomic E-state index is -0.128. The number of hydrogen-bond acceptors (Lipinski definition) is 6. The molecule has 6 nitrogen and oxygen atoms in total. The largest absolute Gasteiger partial charge is 0.483 e. The van der Waals surface area contributed by atoms with E-state index in [-0.39, 0.29) is 18.6 Å². The highest BCUT2D eigenvalue weighted by Crippen LogP contribution is 2.33. The molecule has 7 heteroatoms. The molecule has 4 rings (SSSR count). The monoisotopic (exact) mass is 425 g/mol. The maximum Gasteiger partial charge on any atom is 0.258 e. The number of benzene rings is 2. The Labute approximate surface area is 180 Å². The molecule has 1 atom stereocenters. The van der Waals surface area contributed by atoms with Gasteiger partial charge in [-0.2, -0.15) is 0 Å². The number of hydrogen-bond donors (Lipinski definition) is 1. The standard InChI is InChI=1S/C23H27N3O3S/c1-26(2)14-17-12-16(23-25-19-7-3-4-8-21(19)30-23)9-10-20(17)29-15-22(27)24-13-18-6-5-11-28-18/h3-4,7-10,12,18H,5-6,11,13-15H2,1-2H3,(H,24,27). The second-order valence-electron chi connectivity index (χ2n) is 7.77. The first-order valence-electron chi connectivity index (χ1n) is 10.2. The molecular formula is C23H27N3O3S. The SMILES string of the molecule is CN(C)Cc1cc(-c2nc3ccccc3s2)ccc1OCC(=O)NCC1CCCO1. The molecule has 0 bridgehead atoms. The lowest BCUT2D eigenvalue weighted by Crippen LogP contribution is -2.35. The zero-order valence-electron chi connectivity index (χ0n) is 17.4. The lowest BCUT2D eigenvalue weighted by Gasteiger charge is -2.16. The topological polar surface area (TPSA) is 63.7 Å². The zero-order valence-corrected chi connectivity index (χ0v) is 18.2. The summed E-state index contributed by atoms with van der Waals surface area (Å²) in [6.45, 7) is 2.04. The molecule has 1 aliphatic heterocycles. The zero-order chi connectivity index (χ0) is 20.9. The number of para-hydroxylation sites is 1. The van der Waals surface area contributed by atoms with Crippen LogP contribution in [0.3, 0.4) is 0 Å². The first-order valence-corrected chi connectivity index (χ1v) is 11.0. The fourth-order valence-corrected chi connectivity index (χ4v) is 4.50. The van der Waals surface area contributed by atoms with Crippen LogP contribution in [0.1, 0.15) is 18.4 Å². The Kier molecular flexibility index (Phi) is 6.62. The minimum Gasteiger partial charge on any atom is -0.483 e. The molecule has 30 heavy (non-hydrogen) atoms. The average molecular weight is 426 g/mol. The summed E-state index contributed by atoms with van der Waals surface area (Å²) >= 11 is 1.68. The van der Waals surface area contributed by atoms with Gasteiger partial charge in [0, 0.05) is 30.8 Å². The summed E-state index contributed by atoms with van der Waals surface area (Å²) in [7, 11) is 4.03. The van der Waals surface area contributed by atoms with Crippen LogP contribution in [-0.4, -0.2) is 55.7 Å². The fourth-order valence-electron chi connectivity index (χ4n) is 3.54. The van der Waals surface area contributed by atoms with Gasteiger partial charge in [0.05, 0.1) is 16.3 Å². The van der Waals surface area contributed by atoms with Gasteiger partial charge in [0.15, 0.2) is 6.61 Å². The normalized spacial score (nSPS) is 16.3. The van der Waals surface area contributed by atoms with Gasteiger partial charge < -0.3 is 19.7 Å². The van der Waals surface area contributed by atoms with Crippen molar-refractivity contribution in [3.8, 4) is 16.3 Å². The minimum absolute atomic E-state index is 0.00632. The summed E-state index contributed by atoms with van der Waals surface area (Å²) in [4.78, 5) is 19.0. The van der Waals surface area contributed by atoms with Crippen LogP contribution in [0.25, 0.3) is 20.8 Å². The Morgan fingerprint density at radius 2 is 2.17 bits per heavy atom. The number of carbonyl (C=O) groups is 1. The molecule has 1 amide bonds. The van der Waals surface area contributed by atoms with Crippen molar-refractivity contribution in [2.75, 3.05) is 33.9 Å². The van der Waals surface area contributed by atoms with Gasteiger partial charge in [0.2, 0.25) is 0 Å². The molecule has 3 aromatic rings. The van der Waals surface area contributed by atoms with E-state index < -0.39 is 0 Å². The van der Waals surface area contributed by atoms with Crippen LogP contribution in [-0.2, 0) is 16.1 Å². The Bertz CT molecular complexity index is 979. The second-order valence-corrected chi connectivity index (χ2v) is 8.81. The van der Waals surface area contributed by atoms with Gasteiger partial charge in [0.25, 0.3) is 5.91 Å². The third-order valence-corrected chi connectivity index (χ3v) is 6.08. The van der Waals surface area contributed by atoms with Crippen molar-refractivity contribution in [3.05, 3.63) is 48.0 Å². The number of ether oxygens (including phenoxy) is 2. The predicted molar refractivity (Wildman–Crippen MR) is 120 cm³/mol. The lowest BCUT2D eigenvalue weighted by molar-refractivity contribution is -0.123. The van der Waals surface area contributed by atoms with Crippen LogP contribution in [0.15, 0.2) is 42.5 Å². The molecule has 1 saturated heterocycles. The van der Waals surface area contributed by atoms with Gasteiger partial charge in [-0.05, 0) is 57.3 Å². The average Bonchev–Trinajstić information content (AvgIpc) is 3.40. The first-order chi connectivity index (χ1) is 14.6. The Morgan fingerprint density at radius 1 is 1.30 bits per heavy atom. The van der Waals surface area contributed by atoms with E-state index >= 15 is 0 Å². The van der Waals surface area contributed by atoms with Crippen LogP contribution in [0, 0.1) is 0 Å². The lowest BCUT2D eigenvalue weighted by atomic mass is 10.1. The summed E-state index contributed by atoms with van der Waals surface area (Å²) in [5.74, 6) is 0.595. The smallest absolute Gasteiger partial charge is 0.258 e. The second kappa shape index (κ2) is 9.55. The van der Waals surface area contributed by atoms with E-state index in [9.17, 15) is 4.79 Å². The van der Waals surface area contributed by atoms with Gasteiger partial charge in [-0.15, -0.1) is 11.3 Å². The number of thiazole rings is 1. The summed E-state index contributed by atoms with van der Waals surface area (Å²) in [6, 6.07) is 14.2. The van der Waals surface area contributed by atoms with Gasteiger partial charge >= 0.3 is 0 Å². The predicted octanol–water partition coefficient (Wildman–Crippen LogP) is 3.70. The molecule has 158 valence electrons. The third-order valence-electron chi connectivity index (χ3n) is 5.00. The van der Waals surface area contributed by atoms with E-state index in [0.717, 1.165) is 46.8 Å². The van der Waals surface area contributed by atoms with Crippen LogP contribution >= 0.6 is 11.3 Å². The fraction of sp³-hybridized carbons (Fsp3) is 0.391. The molecule has 2 heterocycles. The van der Waals surface area contributed by atoms with Gasteiger partial charge in [-0.1, -0.05) is 12.1 Å². The van der Waals surface area contributed by atoms with Crippen molar-refractivity contribution in [3.63, 3.8) is 0 Å². The van der Waals surface area contributed by atoms with Crippen molar-refractivity contribution in [2.45, 2.75) is 25.5 Å². The van der Waals surface area contributed by atoms with E-state index in [0.29, 0.717) is 13.1 Å². The third kappa shape index (κ3) is 5.16.